The second-order valence-electron chi connectivity index (χ2n) is 13.9. The van der Waals surface area contributed by atoms with Gasteiger partial charge in [-0.1, -0.05) is 13.8 Å². The number of fused-ring (bicyclic) bond motifs is 5. The van der Waals surface area contributed by atoms with Crippen molar-refractivity contribution in [3.8, 4) is 0 Å². The molecule has 9 heteroatoms. The summed E-state index contributed by atoms with van der Waals surface area (Å²) in [6.07, 6.45) is 3.40. The molecule has 0 aromatic carbocycles. The maximum absolute atomic E-state index is 12.4. The molecule has 6 aliphatic rings. The number of rotatable bonds is 4. The molecule has 0 amide bonds. The molecule has 14 atom stereocenters. The van der Waals surface area contributed by atoms with Gasteiger partial charge in [-0.15, -0.1) is 0 Å². The zero-order valence-corrected chi connectivity index (χ0v) is 23.6. The molecule has 0 unspecified atom stereocenters. The summed E-state index contributed by atoms with van der Waals surface area (Å²) in [5, 5.41) is 44.7. The third-order valence-corrected chi connectivity index (χ3v) is 12.3. The van der Waals surface area contributed by atoms with Crippen LogP contribution in [0.1, 0.15) is 72.1 Å². The maximum atomic E-state index is 12.4. The van der Waals surface area contributed by atoms with Crippen LogP contribution in [0.5, 0.6) is 0 Å². The molecule has 5 fully saturated rings. The number of methoxy groups -OCH3 is 1. The first kappa shape index (κ1) is 28.1. The Morgan fingerprint density at radius 2 is 1.79 bits per heavy atom. The Balaban J connectivity index is 1.17. The van der Waals surface area contributed by atoms with Crippen molar-refractivity contribution in [2.45, 2.75) is 121 Å². The van der Waals surface area contributed by atoms with E-state index in [2.05, 4.69) is 13.8 Å². The van der Waals surface area contributed by atoms with E-state index in [0.29, 0.717) is 18.3 Å². The van der Waals surface area contributed by atoms with Gasteiger partial charge in [0.25, 0.3) is 0 Å². The van der Waals surface area contributed by atoms with Gasteiger partial charge in [-0.05, 0) is 80.6 Å². The Kier molecular flexibility index (Phi) is 7.02. The van der Waals surface area contributed by atoms with E-state index >= 15 is 0 Å². The topological polar surface area (TPSA) is 135 Å². The summed E-state index contributed by atoms with van der Waals surface area (Å²) in [5.74, 6) is 0.260. The minimum Gasteiger partial charge on any atom is -0.458 e. The number of carbonyl (C=O) groups is 1. The van der Waals surface area contributed by atoms with E-state index in [9.17, 15) is 25.2 Å². The Hall–Kier alpha value is -1.07. The average Bonchev–Trinajstić information content (AvgIpc) is 3.39. The summed E-state index contributed by atoms with van der Waals surface area (Å²) in [7, 11) is 1.48. The number of aliphatic hydroxyl groups is 4. The summed E-state index contributed by atoms with van der Waals surface area (Å²) in [6, 6.07) is 0. The highest BCUT2D eigenvalue weighted by atomic mass is 16.7. The van der Waals surface area contributed by atoms with Crippen molar-refractivity contribution in [3.63, 3.8) is 0 Å². The molecule has 4 saturated carbocycles. The van der Waals surface area contributed by atoms with Gasteiger partial charge in [-0.25, -0.2) is 4.79 Å². The first-order valence-corrected chi connectivity index (χ1v) is 14.9. The fraction of sp³-hybridized carbons (Fsp3) is 0.900. The lowest BCUT2D eigenvalue weighted by Crippen LogP contribution is -2.62. The van der Waals surface area contributed by atoms with Crippen LogP contribution in [0.25, 0.3) is 0 Å². The van der Waals surface area contributed by atoms with Crippen molar-refractivity contribution in [1.29, 1.82) is 0 Å². The van der Waals surface area contributed by atoms with E-state index in [1.54, 1.807) is 6.92 Å². The normalized spacial score (nSPS) is 55.3. The van der Waals surface area contributed by atoms with Gasteiger partial charge in [-0.2, -0.15) is 0 Å². The molecule has 1 saturated heterocycles. The van der Waals surface area contributed by atoms with Crippen LogP contribution in [0, 0.1) is 34.5 Å². The van der Waals surface area contributed by atoms with Crippen LogP contribution in [-0.2, 0) is 23.7 Å². The molecule has 220 valence electrons. The second kappa shape index (κ2) is 9.75. The van der Waals surface area contributed by atoms with Crippen LogP contribution in [0.2, 0.25) is 0 Å². The third kappa shape index (κ3) is 4.09. The largest absolute Gasteiger partial charge is 0.458 e. The minimum absolute atomic E-state index is 0.0547. The van der Waals surface area contributed by atoms with Crippen LogP contribution in [-0.4, -0.2) is 88.6 Å². The highest BCUT2D eigenvalue weighted by molar-refractivity contribution is 5.85. The van der Waals surface area contributed by atoms with Gasteiger partial charge in [0.15, 0.2) is 6.29 Å². The number of carbonyl (C=O) groups excluding carboxylic acids is 1. The van der Waals surface area contributed by atoms with E-state index in [1.165, 1.54) is 13.2 Å². The van der Waals surface area contributed by atoms with Crippen molar-refractivity contribution in [2.75, 3.05) is 13.7 Å². The van der Waals surface area contributed by atoms with Gasteiger partial charge in [0.2, 0.25) is 0 Å². The standard InChI is InChI=1S/C30H46O9/c1-15-24(33)26(36-4)25(34)27(38-15)39-18-7-9-28(2)17(12-18)5-6-20-19(28)8-10-29(3)23(16-11-22(32)37-14-16)21(31)13-30(20,29)35/h11,15,17-21,23-27,31,33-35H,5-10,12-14H2,1-4H3/t15-,17-,18+,19+,20-,21-,23+,24-,25-,26+,27+,28+,29-,30+/m1/s1. The van der Waals surface area contributed by atoms with Gasteiger partial charge in [-0.3, -0.25) is 0 Å². The predicted molar refractivity (Wildman–Crippen MR) is 139 cm³/mol. The molecule has 2 aliphatic heterocycles. The van der Waals surface area contributed by atoms with Crippen molar-refractivity contribution in [2.24, 2.45) is 34.5 Å². The Labute approximate surface area is 230 Å². The van der Waals surface area contributed by atoms with Crippen LogP contribution in [0.3, 0.4) is 0 Å². The Bertz CT molecular complexity index is 1000. The summed E-state index contributed by atoms with van der Waals surface area (Å²) in [5.41, 5.74) is -0.601. The first-order chi connectivity index (χ1) is 18.4. The average molecular weight is 551 g/mol. The van der Waals surface area contributed by atoms with E-state index in [4.69, 9.17) is 18.9 Å². The molecule has 39 heavy (non-hydrogen) atoms. The Morgan fingerprint density at radius 1 is 1.03 bits per heavy atom. The minimum atomic E-state index is -1.06. The molecule has 4 aliphatic carbocycles. The first-order valence-electron chi connectivity index (χ1n) is 14.9. The van der Waals surface area contributed by atoms with Crippen molar-refractivity contribution >= 4 is 5.97 Å². The lowest BCUT2D eigenvalue weighted by atomic mass is 9.43. The van der Waals surface area contributed by atoms with Crippen LogP contribution < -0.4 is 0 Å². The van der Waals surface area contributed by atoms with Gasteiger partial charge in [0.05, 0.1) is 23.9 Å². The fourth-order valence-corrected chi connectivity index (χ4v) is 10.2. The lowest BCUT2D eigenvalue weighted by Gasteiger charge is -2.63. The zero-order valence-electron chi connectivity index (χ0n) is 23.6. The number of hydrogen-bond acceptors (Lipinski definition) is 9. The molecule has 0 spiro atoms. The molecule has 0 aromatic heterocycles. The molecule has 0 aromatic rings. The van der Waals surface area contributed by atoms with Gasteiger partial charge in [0.1, 0.15) is 24.9 Å². The quantitative estimate of drug-likeness (QED) is 0.307. The van der Waals surface area contributed by atoms with Gasteiger partial charge >= 0.3 is 5.97 Å². The van der Waals surface area contributed by atoms with Crippen LogP contribution >= 0.6 is 0 Å². The molecule has 0 radical (unpaired) electrons. The smallest absolute Gasteiger partial charge is 0.331 e. The number of esters is 1. The molecular formula is C30H46O9. The lowest BCUT2D eigenvalue weighted by molar-refractivity contribution is -0.313. The SMILES string of the molecule is CO[C@@H]1[C@@H](O)[C@H](O[C@H]2CC[C@@]3(C)[C@H](CC[C@@H]4[C@@H]3CC[C@]3(C)[C@@H](C5=CC(=O)OC5)[C@H](O)C[C@]43O)C2)O[C@H](C)[C@H]1O. The van der Waals surface area contributed by atoms with Crippen LogP contribution in [0.4, 0.5) is 0 Å². The summed E-state index contributed by atoms with van der Waals surface area (Å²) < 4.78 is 22.7. The number of aliphatic hydroxyl groups excluding tert-OH is 3. The monoisotopic (exact) mass is 550 g/mol. The molecular weight excluding hydrogens is 504 g/mol. The number of cyclic esters (lactones) is 1. The molecule has 0 bridgehead atoms. The van der Waals surface area contributed by atoms with Gasteiger partial charge < -0.3 is 39.4 Å². The van der Waals surface area contributed by atoms with E-state index in [1.807, 2.05) is 0 Å². The molecule has 6 rings (SSSR count). The van der Waals surface area contributed by atoms with Crippen molar-refractivity contribution in [3.05, 3.63) is 11.6 Å². The summed E-state index contributed by atoms with van der Waals surface area (Å²) in [4.78, 5) is 11.8. The van der Waals surface area contributed by atoms with Crippen molar-refractivity contribution in [1.82, 2.24) is 0 Å². The predicted octanol–water partition coefficient (Wildman–Crippen LogP) is 2.08. The zero-order chi connectivity index (χ0) is 27.9. The summed E-state index contributed by atoms with van der Waals surface area (Å²) in [6.45, 7) is 6.48. The Morgan fingerprint density at radius 3 is 2.49 bits per heavy atom. The maximum Gasteiger partial charge on any atom is 0.331 e. The highest BCUT2D eigenvalue weighted by Crippen LogP contribution is 2.70. The third-order valence-electron chi connectivity index (χ3n) is 12.3. The summed E-state index contributed by atoms with van der Waals surface area (Å²) >= 11 is 0. The van der Waals surface area contributed by atoms with Crippen LogP contribution in [0.15, 0.2) is 11.6 Å². The number of ether oxygens (including phenoxy) is 4. The molecule has 4 N–H and O–H groups in total. The van der Waals surface area contributed by atoms with E-state index < -0.39 is 47.8 Å². The molecule has 9 nitrogen and oxygen atoms in total. The van der Waals surface area contributed by atoms with E-state index in [0.717, 1.165) is 50.5 Å². The second-order valence-corrected chi connectivity index (χ2v) is 13.9. The number of hydrogen-bond donors (Lipinski definition) is 4. The van der Waals surface area contributed by atoms with Gasteiger partial charge in [0, 0.05) is 30.9 Å². The fourth-order valence-electron chi connectivity index (χ4n) is 10.2. The van der Waals surface area contributed by atoms with E-state index in [-0.39, 0.29) is 35.9 Å². The van der Waals surface area contributed by atoms with Crippen molar-refractivity contribution < 1.29 is 44.2 Å². The molecule has 2 heterocycles. The highest BCUT2D eigenvalue weighted by Gasteiger charge is 2.70.